The van der Waals surface area contributed by atoms with Gasteiger partial charge in [-0.1, -0.05) is 17.7 Å². The van der Waals surface area contributed by atoms with E-state index in [1.54, 1.807) is 26.0 Å². The second-order valence-corrected chi connectivity index (χ2v) is 9.96. The van der Waals surface area contributed by atoms with Crippen LogP contribution < -0.4 is 4.74 Å². The van der Waals surface area contributed by atoms with Gasteiger partial charge in [0.1, 0.15) is 23.0 Å². The lowest BCUT2D eigenvalue weighted by Crippen LogP contribution is -2.34. The van der Waals surface area contributed by atoms with Crippen molar-refractivity contribution in [2.24, 2.45) is 15.4 Å². The van der Waals surface area contributed by atoms with Crippen molar-refractivity contribution in [2.75, 3.05) is 6.61 Å². The molecule has 2 atom stereocenters. The van der Waals surface area contributed by atoms with E-state index < -0.39 is 23.2 Å². The number of hydrogen-bond acceptors (Lipinski definition) is 8. The highest BCUT2D eigenvalue weighted by Crippen LogP contribution is 2.47. The molecule has 0 saturated heterocycles. The summed E-state index contributed by atoms with van der Waals surface area (Å²) in [5, 5.41) is 33.1. The first kappa shape index (κ1) is 23.7. The minimum Gasteiger partial charge on any atom is -0.492 e. The average Bonchev–Trinajstić information content (AvgIpc) is 3.43. The van der Waals surface area contributed by atoms with Gasteiger partial charge in [-0.05, 0) is 36.8 Å². The van der Waals surface area contributed by atoms with Gasteiger partial charge in [0.2, 0.25) is 0 Å². The summed E-state index contributed by atoms with van der Waals surface area (Å²) in [6, 6.07) is 4.74. The molecule has 176 valence electrons. The molecule has 3 aromatic rings. The lowest BCUT2D eigenvalue weighted by molar-refractivity contribution is 0.0152. The fourth-order valence-electron chi connectivity index (χ4n) is 3.52. The zero-order chi connectivity index (χ0) is 24.0. The van der Waals surface area contributed by atoms with Gasteiger partial charge in [-0.25, -0.2) is 13.8 Å². The van der Waals surface area contributed by atoms with Crippen molar-refractivity contribution in [3.05, 3.63) is 51.9 Å². The van der Waals surface area contributed by atoms with Gasteiger partial charge in [-0.3, -0.25) is 4.40 Å². The molecule has 0 amide bonds. The molecule has 1 aliphatic heterocycles. The standard InChI is InChI=1S/C21H22ClF2N5O3S/c1-19(2,31)6-7-32-14-5-4-12(8-13(14)22)21(10-26-28-27-21)17(30)16-18(20(3,23)24)33-15-9-25-11-29(15)16/h4-5,8-11,17,30-31H,6-7H2,1-3H3. The van der Waals surface area contributed by atoms with E-state index in [1.807, 2.05) is 0 Å². The smallest absolute Gasteiger partial charge is 0.281 e. The van der Waals surface area contributed by atoms with Crippen molar-refractivity contribution in [3.63, 3.8) is 0 Å². The number of alkyl halides is 2. The van der Waals surface area contributed by atoms with E-state index in [-0.39, 0.29) is 22.2 Å². The molecule has 0 radical (unpaired) electrons. The van der Waals surface area contributed by atoms with Crippen LogP contribution in [-0.2, 0) is 11.5 Å². The minimum atomic E-state index is -3.20. The fourth-order valence-corrected chi connectivity index (χ4v) is 4.81. The molecule has 1 aliphatic rings. The highest BCUT2D eigenvalue weighted by Gasteiger charge is 2.47. The monoisotopic (exact) mass is 497 g/mol. The molecule has 2 aromatic heterocycles. The molecule has 33 heavy (non-hydrogen) atoms. The molecule has 0 bridgehead atoms. The summed E-state index contributed by atoms with van der Waals surface area (Å²) in [5.41, 5.74) is -2.12. The molecule has 0 spiro atoms. The number of thiazole rings is 1. The third-order valence-corrected chi connectivity index (χ3v) is 6.84. The first-order valence-corrected chi connectivity index (χ1v) is 11.2. The molecular weight excluding hydrogens is 476 g/mol. The van der Waals surface area contributed by atoms with Crippen LogP contribution in [0.3, 0.4) is 0 Å². The van der Waals surface area contributed by atoms with Crippen LogP contribution in [0, 0.1) is 0 Å². The Labute approximate surface area is 197 Å². The Balaban J connectivity index is 1.73. The van der Waals surface area contributed by atoms with Gasteiger partial charge in [0.25, 0.3) is 5.92 Å². The van der Waals surface area contributed by atoms with E-state index in [1.165, 1.54) is 29.2 Å². The highest BCUT2D eigenvalue weighted by molar-refractivity contribution is 7.17. The summed E-state index contributed by atoms with van der Waals surface area (Å²) in [6.07, 6.45) is 2.94. The Kier molecular flexibility index (Phi) is 6.02. The van der Waals surface area contributed by atoms with Crippen molar-refractivity contribution in [1.82, 2.24) is 9.38 Å². The van der Waals surface area contributed by atoms with Crippen LogP contribution in [0.1, 0.15) is 49.4 Å². The Morgan fingerprint density at radius 2 is 2.06 bits per heavy atom. The number of aliphatic hydroxyl groups is 2. The highest BCUT2D eigenvalue weighted by atomic mass is 35.5. The normalized spacial score (nSPS) is 19.5. The zero-order valence-corrected chi connectivity index (χ0v) is 19.6. The summed E-state index contributed by atoms with van der Waals surface area (Å²) in [7, 11) is 0. The van der Waals surface area contributed by atoms with Crippen LogP contribution in [0.5, 0.6) is 5.75 Å². The number of imidazole rings is 1. The van der Waals surface area contributed by atoms with E-state index in [9.17, 15) is 19.0 Å². The van der Waals surface area contributed by atoms with Crippen LogP contribution in [0.15, 0.2) is 46.2 Å². The van der Waals surface area contributed by atoms with Crippen molar-refractivity contribution in [2.45, 2.75) is 50.4 Å². The third-order valence-electron chi connectivity index (χ3n) is 5.26. The maximum Gasteiger partial charge on any atom is 0.281 e. The van der Waals surface area contributed by atoms with Gasteiger partial charge < -0.3 is 14.9 Å². The Morgan fingerprint density at radius 1 is 1.30 bits per heavy atom. The number of nitrogens with zero attached hydrogens (tertiary/aromatic N) is 5. The molecule has 8 nitrogen and oxygen atoms in total. The van der Waals surface area contributed by atoms with E-state index in [0.29, 0.717) is 22.6 Å². The van der Waals surface area contributed by atoms with Gasteiger partial charge in [0.05, 0.1) is 40.2 Å². The second-order valence-electron chi connectivity index (χ2n) is 8.52. The van der Waals surface area contributed by atoms with Crippen molar-refractivity contribution < 1.29 is 23.7 Å². The summed E-state index contributed by atoms with van der Waals surface area (Å²) in [4.78, 5) is 4.14. The van der Waals surface area contributed by atoms with E-state index in [4.69, 9.17) is 16.3 Å². The second kappa shape index (κ2) is 8.39. The van der Waals surface area contributed by atoms with Gasteiger partial charge in [0, 0.05) is 13.3 Å². The quantitative estimate of drug-likeness (QED) is 0.452. The van der Waals surface area contributed by atoms with Crippen molar-refractivity contribution >= 4 is 34.0 Å². The number of aromatic nitrogens is 2. The first-order valence-electron chi connectivity index (χ1n) is 10.0. The lowest BCUT2D eigenvalue weighted by atomic mass is 9.84. The molecule has 1 aromatic carbocycles. The minimum absolute atomic E-state index is 0.0473. The molecule has 4 rings (SSSR count). The third kappa shape index (κ3) is 4.50. The Bertz CT molecular complexity index is 1220. The molecule has 2 N–H and O–H groups in total. The molecule has 0 fully saturated rings. The molecule has 0 saturated carbocycles. The molecule has 12 heteroatoms. The van der Waals surface area contributed by atoms with Crippen LogP contribution in [0.4, 0.5) is 8.78 Å². The predicted octanol–water partition coefficient (Wildman–Crippen LogP) is 5.08. The molecule has 0 aliphatic carbocycles. The number of halogens is 3. The van der Waals surface area contributed by atoms with Crippen LogP contribution in [0.25, 0.3) is 4.83 Å². The SMILES string of the molecule is CC(C)(O)CCOc1ccc(C2(C(O)c3c(C(C)(F)F)sc4cncn34)C=NN=N2)cc1Cl. The maximum absolute atomic E-state index is 14.4. The van der Waals surface area contributed by atoms with E-state index >= 15 is 0 Å². The fraction of sp³-hybridized carbons (Fsp3) is 0.429. The number of aliphatic hydroxyl groups excluding tert-OH is 1. The first-order chi connectivity index (χ1) is 15.4. The van der Waals surface area contributed by atoms with Crippen molar-refractivity contribution in [3.8, 4) is 5.75 Å². The van der Waals surface area contributed by atoms with Crippen LogP contribution >= 0.6 is 22.9 Å². The summed E-state index contributed by atoms with van der Waals surface area (Å²) in [5.74, 6) is -2.83. The van der Waals surface area contributed by atoms with E-state index in [2.05, 4.69) is 20.4 Å². The number of rotatable bonds is 8. The predicted molar refractivity (Wildman–Crippen MR) is 120 cm³/mol. The number of ether oxygens (including phenoxy) is 1. The molecule has 2 unspecified atom stereocenters. The van der Waals surface area contributed by atoms with Crippen LogP contribution in [0.2, 0.25) is 5.02 Å². The van der Waals surface area contributed by atoms with Gasteiger partial charge in [-0.2, -0.15) is 0 Å². The summed E-state index contributed by atoms with van der Waals surface area (Å²) < 4.78 is 36.0. The maximum atomic E-state index is 14.4. The zero-order valence-electron chi connectivity index (χ0n) is 18.0. The lowest BCUT2D eigenvalue weighted by Gasteiger charge is -2.29. The number of hydrogen-bond donors (Lipinski definition) is 2. The van der Waals surface area contributed by atoms with E-state index in [0.717, 1.165) is 18.3 Å². The Hall–Kier alpha value is -2.47. The summed E-state index contributed by atoms with van der Waals surface area (Å²) >= 11 is 7.25. The summed E-state index contributed by atoms with van der Waals surface area (Å²) in [6.45, 7) is 4.36. The number of fused-ring (bicyclic) bond motifs is 1. The topological polar surface area (TPSA) is 104 Å². The van der Waals surface area contributed by atoms with Crippen LogP contribution in [-0.4, -0.2) is 38.0 Å². The van der Waals surface area contributed by atoms with Crippen molar-refractivity contribution in [1.29, 1.82) is 0 Å². The van der Waals surface area contributed by atoms with Gasteiger partial charge >= 0.3 is 0 Å². The van der Waals surface area contributed by atoms with Gasteiger partial charge in [-0.15, -0.1) is 21.6 Å². The molecule has 3 heterocycles. The van der Waals surface area contributed by atoms with Gasteiger partial charge in [0.15, 0.2) is 5.54 Å². The largest absolute Gasteiger partial charge is 0.492 e. The Morgan fingerprint density at radius 3 is 2.67 bits per heavy atom. The average molecular weight is 498 g/mol. The molecular formula is C21H22ClF2N5O3S. The number of benzene rings is 1.